The van der Waals surface area contributed by atoms with E-state index in [4.69, 9.17) is 4.74 Å². The number of hydrogen-bond acceptors (Lipinski definition) is 3. The molecule has 0 radical (unpaired) electrons. The highest BCUT2D eigenvalue weighted by Gasteiger charge is 2.34. The van der Waals surface area contributed by atoms with Gasteiger partial charge >= 0.3 is 0 Å². The van der Waals surface area contributed by atoms with Gasteiger partial charge < -0.3 is 9.84 Å². The average molecular weight is 230 g/mol. The number of methoxy groups -OCH3 is 1. The van der Waals surface area contributed by atoms with E-state index < -0.39 is 5.60 Å². The van der Waals surface area contributed by atoms with Crippen molar-refractivity contribution in [3.05, 3.63) is 59.9 Å². The predicted molar refractivity (Wildman–Crippen MR) is 64.6 cm³/mol. The molecule has 3 nitrogen and oxygen atoms in total. The van der Waals surface area contributed by atoms with E-state index in [1.54, 1.807) is 43.5 Å². The van der Waals surface area contributed by atoms with Gasteiger partial charge in [-0.15, -0.1) is 0 Å². The minimum Gasteiger partial charge on any atom is -0.497 e. The number of aliphatic hydroxyl groups is 1. The van der Waals surface area contributed by atoms with Gasteiger partial charge in [-0.05, 0) is 18.2 Å². The highest BCUT2D eigenvalue weighted by atomic mass is 16.5. The zero-order valence-corrected chi connectivity index (χ0v) is 9.59. The number of ketones is 1. The van der Waals surface area contributed by atoms with Gasteiger partial charge in [0.1, 0.15) is 11.4 Å². The fourth-order valence-corrected chi connectivity index (χ4v) is 1.77. The van der Waals surface area contributed by atoms with Crippen LogP contribution in [0.15, 0.2) is 54.3 Å². The number of benzene rings is 1. The van der Waals surface area contributed by atoms with Crippen LogP contribution in [-0.2, 0) is 4.74 Å². The van der Waals surface area contributed by atoms with Crippen LogP contribution in [0.1, 0.15) is 16.8 Å². The molecule has 1 aromatic rings. The molecule has 1 unspecified atom stereocenters. The Morgan fingerprint density at radius 2 is 2.06 bits per heavy atom. The molecule has 1 N–H and O–H groups in total. The summed E-state index contributed by atoms with van der Waals surface area (Å²) in [7, 11) is 1.56. The maximum atomic E-state index is 12.1. The third-order valence-corrected chi connectivity index (χ3v) is 2.80. The van der Waals surface area contributed by atoms with Crippen LogP contribution in [0.4, 0.5) is 0 Å². The number of hydrogen-bond donors (Lipinski definition) is 1. The monoisotopic (exact) mass is 230 g/mol. The largest absolute Gasteiger partial charge is 0.497 e. The van der Waals surface area contributed by atoms with Gasteiger partial charge in [-0.2, -0.15) is 0 Å². The lowest BCUT2D eigenvalue weighted by Crippen LogP contribution is -2.37. The van der Waals surface area contributed by atoms with E-state index in [0.717, 1.165) is 0 Å². The molecule has 0 amide bonds. The van der Waals surface area contributed by atoms with Crippen molar-refractivity contribution in [1.82, 2.24) is 0 Å². The van der Waals surface area contributed by atoms with Gasteiger partial charge in [0.15, 0.2) is 5.78 Å². The Hall–Kier alpha value is -1.87. The Kier molecular flexibility index (Phi) is 3.11. The van der Waals surface area contributed by atoms with Crippen molar-refractivity contribution in [2.24, 2.45) is 0 Å². The number of ether oxygens (including phenoxy) is 1. The van der Waals surface area contributed by atoms with Gasteiger partial charge in [0.2, 0.25) is 0 Å². The highest BCUT2D eigenvalue weighted by Crippen LogP contribution is 2.25. The fourth-order valence-electron chi connectivity index (χ4n) is 1.77. The number of carbonyl (C=O) groups excluding carboxylic acids is 1. The summed E-state index contributed by atoms with van der Waals surface area (Å²) in [6.07, 6.45) is 5.05. The molecule has 0 fully saturated rings. The second-order valence-corrected chi connectivity index (χ2v) is 3.97. The first kappa shape index (κ1) is 11.6. The molecule has 1 atom stereocenters. The van der Waals surface area contributed by atoms with E-state index in [-0.39, 0.29) is 12.2 Å². The summed E-state index contributed by atoms with van der Waals surface area (Å²) in [6, 6.07) is 8.78. The van der Waals surface area contributed by atoms with Gasteiger partial charge in [-0.25, -0.2) is 0 Å². The number of Topliss-reactive ketones (excluding diaryl/α,β-unsaturated/α-hetero) is 1. The van der Waals surface area contributed by atoms with Crippen molar-refractivity contribution in [1.29, 1.82) is 0 Å². The maximum absolute atomic E-state index is 12.1. The second kappa shape index (κ2) is 4.55. The summed E-state index contributed by atoms with van der Waals surface area (Å²) < 4.78 is 5.02. The summed E-state index contributed by atoms with van der Waals surface area (Å²) in [4.78, 5) is 12.1. The van der Waals surface area contributed by atoms with Crippen LogP contribution in [0.5, 0.6) is 0 Å². The van der Waals surface area contributed by atoms with Gasteiger partial charge in [0.25, 0.3) is 0 Å². The van der Waals surface area contributed by atoms with E-state index in [9.17, 15) is 9.90 Å². The second-order valence-electron chi connectivity index (χ2n) is 3.97. The van der Waals surface area contributed by atoms with Crippen LogP contribution in [0.2, 0.25) is 0 Å². The molecule has 1 aliphatic rings. The first-order valence-electron chi connectivity index (χ1n) is 5.41. The highest BCUT2D eigenvalue weighted by molar-refractivity contribution is 6.04. The van der Waals surface area contributed by atoms with E-state index in [0.29, 0.717) is 11.3 Å². The molecule has 0 heterocycles. The van der Waals surface area contributed by atoms with Crippen LogP contribution < -0.4 is 0 Å². The number of carbonyl (C=O) groups is 1. The summed E-state index contributed by atoms with van der Waals surface area (Å²) in [5.41, 5.74) is -0.947. The average Bonchev–Trinajstić information content (AvgIpc) is 2.40. The van der Waals surface area contributed by atoms with Gasteiger partial charge in [-0.3, -0.25) is 4.79 Å². The van der Waals surface area contributed by atoms with Crippen molar-refractivity contribution < 1.29 is 14.6 Å². The van der Waals surface area contributed by atoms with Crippen molar-refractivity contribution in [2.75, 3.05) is 7.11 Å². The first-order chi connectivity index (χ1) is 8.15. The zero-order chi connectivity index (χ0) is 12.3. The van der Waals surface area contributed by atoms with E-state index in [1.165, 1.54) is 6.08 Å². The number of allylic oxidation sites excluding steroid dienone is 1. The fraction of sp³-hybridized carbons (Fsp3) is 0.214. The van der Waals surface area contributed by atoms with Gasteiger partial charge in [0, 0.05) is 12.0 Å². The van der Waals surface area contributed by atoms with Crippen LogP contribution in [0, 0.1) is 0 Å². The van der Waals surface area contributed by atoms with Crippen molar-refractivity contribution in [3.63, 3.8) is 0 Å². The standard InChI is InChI=1S/C14H14O3/c1-17-12-7-9-14(16,10-8-12)13(15)11-5-3-2-4-6-11/h2-9,16H,10H2,1H3. The molecule has 1 aliphatic carbocycles. The summed E-state index contributed by atoms with van der Waals surface area (Å²) in [5.74, 6) is 0.372. The first-order valence-corrected chi connectivity index (χ1v) is 5.41. The van der Waals surface area contributed by atoms with Crippen LogP contribution in [-0.4, -0.2) is 23.6 Å². The lowest BCUT2D eigenvalue weighted by molar-refractivity contribution is 0.0526. The molecule has 1 aromatic carbocycles. The Bertz CT molecular complexity index is 474. The summed E-state index contributed by atoms with van der Waals surface area (Å²) >= 11 is 0. The smallest absolute Gasteiger partial charge is 0.198 e. The molecule has 0 bridgehead atoms. The Balaban J connectivity index is 2.22. The number of rotatable bonds is 3. The molecule has 2 rings (SSSR count). The third kappa shape index (κ3) is 2.29. The van der Waals surface area contributed by atoms with Crippen molar-refractivity contribution in [2.45, 2.75) is 12.0 Å². The molecular formula is C14H14O3. The third-order valence-electron chi connectivity index (χ3n) is 2.80. The maximum Gasteiger partial charge on any atom is 0.198 e. The molecule has 0 spiro atoms. The van der Waals surface area contributed by atoms with Crippen molar-refractivity contribution in [3.8, 4) is 0 Å². The van der Waals surface area contributed by atoms with Crippen LogP contribution in [0.3, 0.4) is 0 Å². The molecular weight excluding hydrogens is 216 g/mol. The van der Waals surface area contributed by atoms with Gasteiger partial charge in [-0.1, -0.05) is 30.3 Å². The molecule has 0 saturated carbocycles. The Morgan fingerprint density at radius 3 is 2.59 bits per heavy atom. The predicted octanol–water partition coefficient (Wildman–Crippen LogP) is 2.09. The SMILES string of the molecule is COC1=CCC(O)(C(=O)c2ccccc2)C=C1. The molecule has 3 heteroatoms. The zero-order valence-electron chi connectivity index (χ0n) is 9.59. The lowest BCUT2D eigenvalue weighted by atomic mass is 9.87. The summed E-state index contributed by atoms with van der Waals surface area (Å²) in [6.45, 7) is 0. The van der Waals surface area contributed by atoms with Crippen molar-refractivity contribution >= 4 is 5.78 Å². The molecule has 17 heavy (non-hydrogen) atoms. The topological polar surface area (TPSA) is 46.5 Å². The molecule has 0 aromatic heterocycles. The minimum atomic E-state index is -1.45. The lowest BCUT2D eigenvalue weighted by Gasteiger charge is -2.24. The molecule has 88 valence electrons. The van der Waals surface area contributed by atoms with E-state index in [2.05, 4.69) is 0 Å². The molecule has 0 saturated heterocycles. The van der Waals surface area contributed by atoms with Gasteiger partial charge in [0.05, 0.1) is 7.11 Å². The normalized spacial score (nSPS) is 23.1. The summed E-state index contributed by atoms with van der Waals surface area (Å²) in [5, 5.41) is 10.3. The Labute approximate surface area is 100 Å². The van der Waals surface area contributed by atoms with E-state index >= 15 is 0 Å². The molecule has 0 aliphatic heterocycles. The van der Waals surface area contributed by atoms with E-state index in [1.807, 2.05) is 6.07 Å². The Morgan fingerprint density at radius 1 is 1.35 bits per heavy atom. The quantitative estimate of drug-likeness (QED) is 0.809. The minimum absolute atomic E-state index is 0.237. The van der Waals surface area contributed by atoms with Crippen LogP contribution in [0.25, 0.3) is 0 Å². The van der Waals surface area contributed by atoms with Crippen LogP contribution >= 0.6 is 0 Å².